The van der Waals surface area contributed by atoms with Crippen LogP contribution in [0.2, 0.25) is 0 Å². The summed E-state index contributed by atoms with van der Waals surface area (Å²) < 4.78 is 2.20. The number of carbonyl (C=O) groups is 1. The minimum Gasteiger partial charge on any atom is -0.391 e. The number of nitriles is 1. The summed E-state index contributed by atoms with van der Waals surface area (Å²) in [6.45, 7) is 4.67. The maximum Gasteiger partial charge on any atom is 0.178 e. The van der Waals surface area contributed by atoms with E-state index in [0.717, 1.165) is 42.6 Å². The lowest BCUT2D eigenvalue weighted by molar-refractivity contribution is 0.0873. The van der Waals surface area contributed by atoms with Crippen LogP contribution in [0.15, 0.2) is 30.3 Å². The van der Waals surface area contributed by atoms with Crippen LogP contribution in [0.4, 0.5) is 0 Å². The normalized spacial score (nSPS) is 30.5. The lowest BCUT2D eigenvalue weighted by atomic mass is 9.98. The number of benzene rings is 1. The molecule has 5 nitrogen and oxygen atoms in total. The van der Waals surface area contributed by atoms with Gasteiger partial charge in [-0.05, 0) is 68.9 Å². The highest BCUT2D eigenvalue weighted by atomic mass is 16.3. The molecule has 3 heterocycles. The van der Waals surface area contributed by atoms with Gasteiger partial charge in [-0.1, -0.05) is 6.92 Å². The Morgan fingerprint density at radius 3 is 2.52 bits per heavy atom. The molecule has 5 heteroatoms. The second-order valence-corrected chi connectivity index (χ2v) is 9.08. The Morgan fingerprint density at radius 2 is 1.97 bits per heavy atom. The molecule has 5 atom stereocenters. The van der Waals surface area contributed by atoms with E-state index in [2.05, 4.69) is 28.5 Å². The number of ketones is 1. The molecule has 0 radical (unpaired) electrons. The molecule has 5 rings (SSSR count). The minimum atomic E-state index is -0.284. The zero-order chi connectivity index (χ0) is 20.3. The Hall–Kier alpha value is -2.42. The summed E-state index contributed by atoms with van der Waals surface area (Å²) in [6.07, 6.45) is 3.75. The van der Waals surface area contributed by atoms with E-state index >= 15 is 0 Å². The van der Waals surface area contributed by atoms with Crippen molar-refractivity contribution >= 4 is 5.78 Å². The Bertz CT molecular complexity index is 1000. The molecule has 150 valence electrons. The second kappa shape index (κ2) is 6.83. The molecule has 1 aromatic heterocycles. The van der Waals surface area contributed by atoms with Crippen molar-refractivity contribution in [3.63, 3.8) is 0 Å². The van der Waals surface area contributed by atoms with Crippen molar-refractivity contribution in [3.05, 3.63) is 52.8 Å². The van der Waals surface area contributed by atoms with Crippen molar-refractivity contribution in [1.29, 1.82) is 5.26 Å². The number of aliphatic hydroxyl groups is 1. The first-order valence-electron chi connectivity index (χ1n) is 10.7. The zero-order valence-electron chi connectivity index (χ0n) is 17.0. The topological polar surface area (TPSA) is 69.3 Å². The molecule has 3 fully saturated rings. The largest absolute Gasteiger partial charge is 0.391 e. The molecule has 2 unspecified atom stereocenters. The predicted octanol–water partition coefficient (Wildman–Crippen LogP) is 3.56. The molecule has 0 spiro atoms. The maximum absolute atomic E-state index is 13.3. The van der Waals surface area contributed by atoms with E-state index in [4.69, 9.17) is 5.26 Å². The number of aromatic nitrogens is 1. The van der Waals surface area contributed by atoms with E-state index in [0.29, 0.717) is 30.0 Å². The summed E-state index contributed by atoms with van der Waals surface area (Å²) in [4.78, 5) is 15.5. The number of fused-ring (bicyclic) bond motifs is 2. The van der Waals surface area contributed by atoms with Crippen molar-refractivity contribution in [2.45, 2.75) is 63.6 Å². The third-order valence-electron chi connectivity index (χ3n) is 7.29. The Morgan fingerprint density at radius 1 is 1.24 bits per heavy atom. The molecule has 2 aliphatic heterocycles. The minimum absolute atomic E-state index is 0.146. The van der Waals surface area contributed by atoms with Gasteiger partial charge >= 0.3 is 0 Å². The van der Waals surface area contributed by atoms with Gasteiger partial charge in [-0.25, -0.2) is 0 Å². The third-order valence-corrected chi connectivity index (χ3v) is 7.29. The molecule has 1 aliphatic carbocycles. The van der Waals surface area contributed by atoms with Crippen LogP contribution >= 0.6 is 0 Å². The van der Waals surface area contributed by atoms with Crippen LogP contribution in [-0.2, 0) is 0 Å². The van der Waals surface area contributed by atoms with Crippen LogP contribution in [0.25, 0.3) is 5.69 Å². The summed E-state index contributed by atoms with van der Waals surface area (Å²) in [5.41, 5.74) is 4.61. The van der Waals surface area contributed by atoms with E-state index in [1.54, 1.807) is 0 Å². The highest BCUT2D eigenvalue weighted by molar-refractivity contribution is 5.99. The second-order valence-electron chi connectivity index (χ2n) is 9.08. The summed E-state index contributed by atoms with van der Waals surface area (Å²) in [5, 5.41) is 19.3. The standard InChI is InChI=1S/C24H27N3O2/c1-14-9-19(14)22-11-20(15(2)27(22)17-5-3-16(12-25)4-6-17)24(29)13-26-18-7-8-21(26)23(28)10-18/h3-6,11,14,18-19,21,23,28H,7-10,13H2,1-2H3/t14?,18-,19?,21+,23-/m1/s1. The van der Waals surface area contributed by atoms with Gasteiger partial charge in [0.1, 0.15) is 0 Å². The first-order chi connectivity index (χ1) is 14.0. The number of rotatable bonds is 5. The van der Waals surface area contributed by atoms with E-state index in [1.807, 2.05) is 31.2 Å². The number of Topliss-reactive ketones (excluding diaryl/α,β-unsaturated/α-hetero) is 1. The van der Waals surface area contributed by atoms with Gasteiger partial charge in [-0.2, -0.15) is 5.26 Å². The quantitative estimate of drug-likeness (QED) is 0.794. The monoisotopic (exact) mass is 389 g/mol. The van der Waals surface area contributed by atoms with Crippen LogP contribution < -0.4 is 0 Å². The Labute approximate surface area is 171 Å². The van der Waals surface area contributed by atoms with E-state index in [1.165, 1.54) is 5.69 Å². The predicted molar refractivity (Wildman–Crippen MR) is 110 cm³/mol. The number of carbonyl (C=O) groups excluding carboxylic acids is 1. The fraction of sp³-hybridized carbons (Fsp3) is 0.500. The number of hydrogen-bond donors (Lipinski definition) is 1. The highest BCUT2D eigenvalue weighted by Gasteiger charge is 2.46. The summed E-state index contributed by atoms with van der Waals surface area (Å²) in [5.74, 6) is 1.26. The van der Waals surface area contributed by atoms with Crippen LogP contribution in [0, 0.1) is 24.2 Å². The molecular formula is C24H27N3O2. The van der Waals surface area contributed by atoms with Crippen molar-refractivity contribution in [3.8, 4) is 11.8 Å². The molecule has 0 amide bonds. The first kappa shape index (κ1) is 18.6. The fourth-order valence-corrected chi connectivity index (χ4v) is 5.51. The smallest absolute Gasteiger partial charge is 0.178 e. The van der Waals surface area contributed by atoms with Gasteiger partial charge in [0.05, 0.1) is 24.3 Å². The lowest BCUT2D eigenvalue weighted by Crippen LogP contribution is -2.36. The van der Waals surface area contributed by atoms with Gasteiger partial charge in [-0.15, -0.1) is 0 Å². The highest BCUT2D eigenvalue weighted by Crippen LogP contribution is 2.48. The zero-order valence-corrected chi connectivity index (χ0v) is 17.0. The van der Waals surface area contributed by atoms with Gasteiger partial charge in [-0.3, -0.25) is 9.69 Å². The molecule has 1 N–H and O–H groups in total. The third kappa shape index (κ3) is 3.02. The number of aliphatic hydroxyl groups excluding tert-OH is 1. The Kier molecular flexibility index (Phi) is 4.38. The molecule has 2 saturated heterocycles. The molecule has 1 aromatic carbocycles. The van der Waals surface area contributed by atoms with Gasteiger partial charge in [0.2, 0.25) is 0 Å². The van der Waals surface area contributed by atoms with E-state index in [9.17, 15) is 9.90 Å². The average molecular weight is 389 g/mol. The number of nitrogens with zero attached hydrogens (tertiary/aromatic N) is 3. The van der Waals surface area contributed by atoms with Crippen molar-refractivity contribution in [1.82, 2.24) is 9.47 Å². The van der Waals surface area contributed by atoms with Gasteiger partial charge in [0.25, 0.3) is 0 Å². The molecule has 1 saturated carbocycles. The molecule has 2 bridgehead atoms. The van der Waals surface area contributed by atoms with Crippen LogP contribution in [0.5, 0.6) is 0 Å². The van der Waals surface area contributed by atoms with Crippen LogP contribution in [0.3, 0.4) is 0 Å². The van der Waals surface area contributed by atoms with Crippen molar-refractivity contribution < 1.29 is 9.90 Å². The summed E-state index contributed by atoms with van der Waals surface area (Å²) in [7, 11) is 0. The van der Waals surface area contributed by atoms with Gasteiger partial charge < -0.3 is 9.67 Å². The molecular weight excluding hydrogens is 362 g/mol. The van der Waals surface area contributed by atoms with E-state index < -0.39 is 0 Å². The average Bonchev–Trinajstić information content (AvgIpc) is 3.03. The summed E-state index contributed by atoms with van der Waals surface area (Å²) in [6, 6.07) is 12.4. The van der Waals surface area contributed by atoms with E-state index in [-0.39, 0.29) is 17.9 Å². The van der Waals surface area contributed by atoms with Gasteiger partial charge in [0, 0.05) is 40.6 Å². The van der Waals surface area contributed by atoms with Crippen molar-refractivity contribution in [2.24, 2.45) is 5.92 Å². The van der Waals surface area contributed by atoms with Crippen LogP contribution in [-0.4, -0.2) is 45.1 Å². The van der Waals surface area contributed by atoms with Gasteiger partial charge in [0.15, 0.2) is 5.78 Å². The van der Waals surface area contributed by atoms with Crippen LogP contribution in [0.1, 0.15) is 65.8 Å². The fourth-order valence-electron chi connectivity index (χ4n) is 5.51. The molecule has 2 aromatic rings. The Balaban J connectivity index is 1.48. The first-order valence-corrected chi connectivity index (χ1v) is 10.7. The molecule has 29 heavy (non-hydrogen) atoms. The van der Waals surface area contributed by atoms with Crippen molar-refractivity contribution in [2.75, 3.05) is 6.54 Å². The number of hydrogen-bond acceptors (Lipinski definition) is 4. The molecule has 3 aliphatic rings. The SMILES string of the molecule is Cc1c(C(=O)CN2[C@@H]3CC[C@H]2[C@H](O)C3)cc(C2CC2C)n1-c1ccc(C#N)cc1. The maximum atomic E-state index is 13.3. The summed E-state index contributed by atoms with van der Waals surface area (Å²) >= 11 is 0. The lowest BCUT2D eigenvalue weighted by Gasteiger charge is -2.21.